The molecule has 0 bridgehead atoms. The Kier molecular flexibility index (Phi) is 7.21. The molecule has 5 heteroatoms. The third-order valence-electron chi connectivity index (χ3n) is 1.91. The molecule has 4 nitrogen and oxygen atoms in total. The molecule has 0 aliphatic carbocycles. The second kappa shape index (κ2) is 7.25. The summed E-state index contributed by atoms with van der Waals surface area (Å²) in [5.74, 6) is 0.424. The molecule has 0 fully saturated rings. The Morgan fingerprint density at radius 3 is 2.07 bits per heavy atom. The topological polar surface area (TPSA) is 44.8 Å². The molecule has 2 atom stereocenters. The summed E-state index contributed by atoms with van der Waals surface area (Å²) in [4.78, 5) is 11.4. The standard InChI is InChI=1S/C9H16O4.Sn/c1-6(12-3)8(10)5-9(11)7(2)13-4;/h5-7,10H,1-4H3;/q;+1/p-1. The molecule has 0 amide bonds. The fourth-order valence-electron chi connectivity index (χ4n) is 0.720. The number of ether oxygens (including phenoxy) is 2. The molecule has 79 valence electrons. The van der Waals surface area contributed by atoms with Crippen molar-refractivity contribution in [1.29, 1.82) is 0 Å². The van der Waals surface area contributed by atoms with Crippen molar-refractivity contribution in [3.63, 3.8) is 0 Å². The van der Waals surface area contributed by atoms with Gasteiger partial charge in [-0.1, -0.05) is 0 Å². The van der Waals surface area contributed by atoms with Crippen LogP contribution < -0.4 is 0 Å². The molecule has 0 rings (SSSR count). The number of carbonyl (C=O) groups excluding carboxylic acids is 1. The molecule has 0 N–H and O–H groups in total. The quantitative estimate of drug-likeness (QED) is 0.410. The first-order chi connectivity index (χ1) is 6.56. The Labute approximate surface area is 98.2 Å². The van der Waals surface area contributed by atoms with Crippen molar-refractivity contribution < 1.29 is 17.3 Å². The van der Waals surface area contributed by atoms with Crippen LogP contribution in [0.1, 0.15) is 13.8 Å². The van der Waals surface area contributed by atoms with Gasteiger partial charge in [0.25, 0.3) is 0 Å². The van der Waals surface area contributed by atoms with E-state index in [1.807, 2.05) is 6.92 Å². The Bertz CT molecular complexity index is 215. The summed E-state index contributed by atoms with van der Waals surface area (Å²) in [6.45, 7) is 3.51. The second-order valence-electron chi connectivity index (χ2n) is 2.81. The average Bonchev–Trinajstić information content (AvgIpc) is 2.22. The van der Waals surface area contributed by atoms with Crippen molar-refractivity contribution in [3.8, 4) is 0 Å². The van der Waals surface area contributed by atoms with Crippen LogP contribution in [-0.2, 0) is 17.3 Å². The van der Waals surface area contributed by atoms with E-state index in [9.17, 15) is 4.79 Å². The van der Waals surface area contributed by atoms with Gasteiger partial charge in [0.1, 0.15) is 0 Å². The van der Waals surface area contributed by atoms with Gasteiger partial charge in [0.15, 0.2) is 0 Å². The van der Waals surface area contributed by atoms with Crippen LogP contribution in [0.15, 0.2) is 11.8 Å². The molecule has 2 unspecified atom stereocenters. The number of hydrogen-bond donors (Lipinski definition) is 0. The van der Waals surface area contributed by atoms with Crippen molar-refractivity contribution in [2.45, 2.75) is 26.1 Å². The summed E-state index contributed by atoms with van der Waals surface area (Å²) < 4.78 is 15.1. The van der Waals surface area contributed by atoms with E-state index in [0.29, 0.717) is 5.76 Å². The summed E-state index contributed by atoms with van der Waals surface area (Å²) in [6, 6.07) is 0. The molecule has 0 aliphatic rings. The summed E-state index contributed by atoms with van der Waals surface area (Å²) in [7, 11) is 3.06. The molecular weight excluding hydrogens is 291 g/mol. The maximum atomic E-state index is 11.4. The first-order valence-corrected chi connectivity index (χ1v) is 5.37. The zero-order valence-corrected chi connectivity index (χ0v) is 11.7. The molecular formula is C9H15O4Sn. The molecule has 0 spiro atoms. The summed E-state index contributed by atoms with van der Waals surface area (Å²) in [5, 5.41) is 0. The predicted molar refractivity (Wildman–Crippen MR) is 52.9 cm³/mol. The Morgan fingerprint density at radius 2 is 1.71 bits per heavy atom. The van der Waals surface area contributed by atoms with Crippen LogP contribution in [0, 0.1) is 0 Å². The van der Waals surface area contributed by atoms with Gasteiger partial charge < -0.3 is 0 Å². The zero-order chi connectivity index (χ0) is 11.1. The van der Waals surface area contributed by atoms with Crippen molar-refractivity contribution in [3.05, 3.63) is 11.8 Å². The van der Waals surface area contributed by atoms with E-state index in [0.717, 1.165) is 22.9 Å². The minimum atomic E-state index is -0.444. The Hall–Kier alpha value is -0.0713. The van der Waals surface area contributed by atoms with Crippen LogP contribution in [0.25, 0.3) is 0 Å². The van der Waals surface area contributed by atoms with Gasteiger partial charge in [0, 0.05) is 0 Å². The normalized spacial score (nSPS) is 16.2. The van der Waals surface area contributed by atoms with Crippen LogP contribution in [0.4, 0.5) is 0 Å². The average molecular weight is 306 g/mol. The van der Waals surface area contributed by atoms with Crippen LogP contribution >= 0.6 is 0 Å². The van der Waals surface area contributed by atoms with E-state index in [1.165, 1.54) is 13.2 Å². The van der Waals surface area contributed by atoms with Gasteiger partial charge in [-0.15, -0.1) is 0 Å². The summed E-state index contributed by atoms with van der Waals surface area (Å²) in [5.41, 5.74) is 0. The summed E-state index contributed by atoms with van der Waals surface area (Å²) in [6.07, 6.45) is 0.777. The van der Waals surface area contributed by atoms with Crippen LogP contribution in [0.2, 0.25) is 0 Å². The van der Waals surface area contributed by atoms with Gasteiger partial charge >= 0.3 is 98.2 Å². The van der Waals surface area contributed by atoms with Crippen LogP contribution in [-0.4, -0.2) is 55.1 Å². The van der Waals surface area contributed by atoms with E-state index in [2.05, 4.69) is 0 Å². The Balaban J connectivity index is 4.50. The van der Waals surface area contributed by atoms with Crippen molar-refractivity contribution >= 4 is 28.7 Å². The summed E-state index contributed by atoms with van der Waals surface area (Å²) >= 11 is 0.878. The molecule has 14 heavy (non-hydrogen) atoms. The van der Waals surface area contributed by atoms with Gasteiger partial charge in [0.2, 0.25) is 0 Å². The van der Waals surface area contributed by atoms with E-state index >= 15 is 0 Å². The molecule has 0 aromatic heterocycles. The minimum absolute atomic E-state index is 0.117. The maximum absolute atomic E-state index is 11.4. The first kappa shape index (κ1) is 13.9. The van der Waals surface area contributed by atoms with Gasteiger partial charge in [-0.05, 0) is 0 Å². The SMILES string of the molecule is COC(C)C(=O)C=C([O][Sn])C(C)OC. The van der Waals surface area contributed by atoms with Crippen molar-refractivity contribution in [2.75, 3.05) is 14.2 Å². The Morgan fingerprint density at radius 1 is 1.21 bits per heavy atom. The van der Waals surface area contributed by atoms with E-state index in [-0.39, 0.29) is 11.9 Å². The third kappa shape index (κ3) is 4.43. The number of methoxy groups -OCH3 is 2. The molecule has 0 saturated heterocycles. The van der Waals surface area contributed by atoms with E-state index < -0.39 is 6.10 Å². The number of rotatable bonds is 6. The van der Waals surface area contributed by atoms with Gasteiger partial charge in [0.05, 0.1) is 0 Å². The van der Waals surface area contributed by atoms with Gasteiger partial charge in [-0.2, -0.15) is 0 Å². The molecule has 0 aromatic rings. The fourth-order valence-corrected chi connectivity index (χ4v) is 1.36. The fraction of sp³-hybridized carbons (Fsp3) is 0.667. The predicted octanol–water partition coefficient (Wildman–Crippen LogP) is 0.609. The zero-order valence-electron chi connectivity index (χ0n) is 8.87. The second-order valence-corrected chi connectivity index (χ2v) is 3.39. The molecule has 0 heterocycles. The molecule has 0 aromatic carbocycles. The van der Waals surface area contributed by atoms with Crippen LogP contribution in [0.3, 0.4) is 0 Å². The van der Waals surface area contributed by atoms with Crippen LogP contribution in [0.5, 0.6) is 0 Å². The molecule has 0 aliphatic heterocycles. The first-order valence-electron chi connectivity index (χ1n) is 4.21. The number of hydrogen-bond acceptors (Lipinski definition) is 4. The number of carbonyl (C=O) groups is 1. The van der Waals surface area contributed by atoms with Gasteiger partial charge in [-0.25, -0.2) is 0 Å². The number of ketones is 1. The molecule has 0 saturated carbocycles. The third-order valence-corrected chi connectivity index (χ3v) is 2.58. The van der Waals surface area contributed by atoms with Crippen molar-refractivity contribution in [2.24, 2.45) is 0 Å². The van der Waals surface area contributed by atoms with E-state index in [4.69, 9.17) is 12.5 Å². The molecule has 3 radical (unpaired) electrons. The van der Waals surface area contributed by atoms with E-state index in [1.54, 1.807) is 14.0 Å². The van der Waals surface area contributed by atoms with Gasteiger partial charge in [-0.3, -0.25) is 0 Å². The van der Waals surface area contributed by atoms with Crippen molar-refractivity contribution in [1.82, 2.24) is 0 Å². The monoisotopic (exact) mass is 307 g/mol.